The third kappa shape index (κ3) is 2.60. The van der Waals surface area contributed by atoms with E-state index in [4.69, 9.17) is 9.47 Å². The Hall–Kier alpha value is -0.450. The van der Waals surface area contributed by atoms with E-state index in [1.165, 1.54) is 6.42 Å². The first kappa shape index (κ1) is 12.6. The number of hydrogen-bond donors (Lipinski definition) is 1. The van der Waals surface area contributed by atoms with Crippen molar-refractivity contribution in [2.75, 3.05) is 26.4 Å². The summed E-state index contributed by atoms with van der Waals surface area (Å²) in [6.07, 6.45) is 6.07. The van der Waals surface area contributed by atoms with Gasteiger partial charge in [0.15, 0.2) is 0 Å². The molecule has 0 radical (unpaired) electrons. The van der Waals surface area contributed by atoms with Gasteiger partial charge in [-0.25, -0.2) is 0 Å². The van der Waals surface area contributed by atoms with E-state index in [0.29, 0.717) is 18.8 Å². The summed E-state index contributed by atoms with van der Waals surface area (Å²) < 4.78 is 11.3. The Morgan fingerprint density at radius 3 is 2.89 bits per heavy atom. The van der Waals surface area contributed by atoms with Crippen LogP contribution in [0.1, 0.15) is 38.5 Å². The van der Waals surface area contributed by atoms with Gasteiger partial charge in [-0.1, -0.05) is 0 Å². The van der Waals surface area contributed by atoms with Crippen LogP contribution in [0.25, 0.3) is 0 Å². The number of hydrogen-bond acceptors (Lipinski definition) is 4. The molecule has 0 aromatic rings. The van der Waals surface area contributed by atoms with E-state index in [2.05, 4.69) is 5.32 Å². The molecule has 0 bridgehead atoms. The van der Waals surface area contributed by atoms with Crippen LogP contribution in [0.4, 0.5) is 0 Å². The maximum atomic E-state index is 12.3. The molecule has 2 heterocycles. The first-order valence-corrected chi connectivity index (χ1v) is 7.25. The van der Waals surface area contributed by atoms with Gasteiger partial charge in [0.2, 0.25) is 0 Å². The predicted octanol–water partition coefficient (Wildman–Crippen LogP) is 1.28. The fraction of sp³-hybridized carbons (Fsp3) is 0.929. The number of ketones is 1. The van der Waals surface area contributed by atoms with Gasteiger partial charge in [0.05, 0.1) is 18.8 Å². The highest BCUT2D eigenvalue weighted by atomic mass is 16.5. The highest BCUT2D eigenvalue weighted by molar-refractivity contribution is 5.81. The van der Waals surface area contributed by atoms with Crippen LogP contribution in [-0.2, 0) is 14.3 Å². The van der Waals surface area contributed by atoms with Crippen LogP contribution in [0.3, 0.4) is 0 Å². The van der Waals surface area contributed by atoms with Crippen molar-refractivity contribution in [2.24, 2.45) is 5.92 Å². The quantitative estimate of drug-likeness (QED) is 0.823. The number of morpholine rings is 1. The number of ether oxygens (including phenoxy) is 2. The minimum absolute atomic E-state index is 0.0784. The summed E-state index contributed by atoms with van der Waals surface area (Å²) in [5.74, 6) is 0.635. The van der Waals surface area contributed by atoms with Gasteiger partial charge in [-0.3, -0.25) is 4.79 Å². The van der Waals surface area contributed by atoms with Gasteiger partial charge in [0.25, 0.3) is 0 Å². The number of rotatable bonds is 3. The second-order valence-corrected chi connectivity index (χ2v) is 5.97. The monoisotopic (exact) mass is 253 g/mol. The van der Waals surface area contributed by atoms with Crippen LogP contribution in [0, 0.1) is 5.92 Å². The summed E-state index contributed by atoms with van der Waals surface area (Å²) in [5, 5.41) is 3.36. The number of carbonyl (C=O) groups is 1. The van der Waals surface area contributed by atoms with Gasteiger partial charge >= 0.3 is 0 Å². The average Bonchev–Trinajstić information content (AvgIpc) is 2.38. The molecule has 1 saturated carbocycles. The average molecular weight is 253 g/mol. The molecule has 2 unspecified atom stereocenters. The lowest BCUT2D eigenvalue weighted by atomic mass is 9.70. The second kappa shape index (κ2) is 5.27. The van der Waals surface area contributed by atoms with E-state index in [-0.39, 0.29) is 17.6 Å². The molecule has 2 saturated heterocycles. The van der Waals surface area contributed by atoms with Gasteiger partial charge in [-0.05, 0) is 32.1 Å². The largest absolute Gasteiger partial charge is 0.379 e. The Balaban J connectivity index is 1.51. The molecule has 4 heteroatoms. The van der Waals surface area contributed by atoms with Crippen molar-refractivity contribution in [2.45, 2.75) is 50.2 Å². The fourth-order valence-electron chi connectivity index (χ4n) is 3.38. The minimum atomic E-state index is 0.0784. The highest BCUT2D eigenvalue weighted by Gasteiger charge is 2.44. The normalized spacial score (nSPS) is 35.1. The third-order valence-corrected chi connectivity index (χ3v) is 4.66. The molecule has 4 nitrogen and oxygen atoms in total. The van der Waals surface area contributed by atoms with Crippen molar-refractivity contribution in [3.63, 3.8) is 0 Å². The van der Waals surface area contributed by atoms with Crippen LogP contribution < -0.4 is 5.32 Å². The maximum absolute atomic E-state index is 12.3. The molecule has 0 amide bonds. The Morgan fingerprint density at radius 2 is 2.22 bits per heavy atom. The molecule has 0 aromatic carbocycles. The topological polar surface area (TPSA) is 47.6 Å². The predicted molar refractivity (Wildman–Crippen MR) is 67.5 cm³/mol. The first-order chi connectivity index (χ1) is 8.77. The van der Waals surface area contributed by atoms with E-state index >= 15 is 0 Å². The molecular formula is C14H23NO3. The molecule has 18 heavy (non-hydrogen) atoms. The van der Waals surface area contributed by atoms with E-state index in [1.54, 1.807) is 0 Å². The molecule has 3 aliphatic rings. The summed E-state index contributed by atoms with van der Waals surface area (Å²) in [4.78, 5) is 12.3. The Bertz CT molecular complexity index is 308. The van der Waals surface area contributed by atoms with Crippen LogP contribution >= 0.6 is 0 Å². The van der Waals surface area contributed by atoms with E-state index < -0.39 is 0 Å². The lowest BCUT2D eigenvalue weighted by Crippen LogP contribution is -2.48. The SMILES string of the molecule is O=C(CC1COCCN1)C1CCOC2(CCC2)C1. The van der Waals surface area contributed by atoms with Crippen LogP contribution in [0.2, 0.25) is 0 Å². The second-order valence-electron chi connectivity index (χ2n) is 5.97. The van der Waals surface area contributed by atoms with Gasteiger partial charge in [-0.2, -0.15) is 0 Å². The molecule has 3 rings (SSSR count). The Kier molecular flexibility index (Phi) is 3.68. The van der Waals surface area contributed by atoms with E-state index in [1.807, 2.05) is 0 Å². The lowest BCUT2D eigenvalue weighted by Gasteiger charge is -2.47. The first-order valence-electron chi connectivity index (χ1n) is 7.25. The summed E-state index contributed by atoms with van der Waals surface area (Å²) in [6, 6.07) is 0.228. The Labute approximate surface area is 108 Å². The van der Waals surface area contributed by atoms with E-state index in [0.717, 1.165) is 45.4 Å². The van der Waals surface area contributed by atoms with Gasteiger partial charge in [-0.15, -0.1) is 0 Å². The molecule has 2 atom stereocenters. The van der Waals surface area contributed by atoms with Crippen LogP contribution in [0.5, 0.6) is 0 Å². The van der Waals surface area contributed by atoms with Crippen molar-refractivity contribution < 1.29 is 14.3 Å². The third-order valence-electron chi connectivity index (χ3n) is 4.66. The minimum Gasteiger partial charge on any atom is -0.379 e. The Morgan fingerprint density at radius 1 is 1.33 bits per heavy atom. The molecule has 102 valence electrons. The zero-order chi connectivity index (χ0) is 12.4. The summed E-state index contributed by atoms with van der Waals surface area (Å²) in [6.45, 7) is 3.09. The molecule has 1 N–H and O–H groups in total. The van der Waals surface area contributed by atoms with Gasteiger partial charge in [0.1, 0.15) is 5.78 Å². The molecule has 2 aliphatic heterocycles. The smallest absolute Gasteiger partial charge is 0.137 e. The van der Waals surface area contributed by atoms with Crippen molar-refractivity contribution in [1.82, 2.24) is 5.32 Å². The standard InChI is InChI=1S/C14H23NO3/c16-13(8-12-10-17-7-5-15-12)11-2-6-18-14(9-11)3-1-4-14/h11-12,15H,1-10H2. The van der Waals surface area contributed by atoms with Crippen molar-refractivity contribution in [1.29, 1.82) is 0 Å². The lowest BCUT2D eigenvalue weighted by molar-refractivity contribution is -0.156. The molecule has 3 fully saturated rings. The highest BCUT2D eigenvalue weighted by Crippen LogP contribution is 2.44. The van der Waals surface area contributed by atoms with Crippen LogP contribution in [-0.4, -0.2) is 43.8 Å². The maximum Gasteiger partial charge on any atom is 0.137 e. The van der Waals surface area contributed by atoms with Gasteiger partial charge < -0.3 is 14.8 Å². The zero-order valence-corrected chi connectivity index (χ0v) is 11.0. The number of Topliss-reactive ketones (excluding diaryl/α,β-unsaturated/α-hetero) is 1. The molecule has 1 aliphatic carbocycles. The zero-order valence-electron chi connectivity index (χ0n) is 11.0. The van der Waals surface area contributed by atoms with Crippen LogP contribution in [0.15, 0.2) is 0 Å². The number of carbonyl (C=O) groups excluding carboxylic acids is 1. The summed E-state index contributed by atoms with van der Waals surface area (Å²) >= 11 is 0. The molecule has 1 spiro atoms. The van der Waals surface area contributed by atoms with Crippen molar-refractivity contribution >= 4 is 5.78 Å². The van der Waals surface area contributed by atoms with Crippen molar-refractivity contribution in [3.05, 3.63) is 0 Å². The summed E-state index contributed by atoms with van der Waals surface area (Å²) in [7, 11) is 0. The molecule has 0 aromatic heterocycles. The fourth-order valence-corrected chi connectivity index (χ4v) is 3.38. The summed E-state index contributed by atoms with van der Waals surface area (Å²) in [5.41, 5.74) is 0.0784. The van der Waals surface area contributed by atoms with Gasteiger partial charge in [0, 0.05) is 31.5 Å². The number of nitrogens with one attached hydrogen (secondary N) is 1. The molecular weight excluding hydrogens is 230 g/mol. The van der Waals surface area contributed by atoms with E-state index in [9.17, 15) is 4.79 Å². The van der Waals surface area contributed by atoms with Crippen molar-refractivity contribution in [3.8, 4) is 0 Å².